The molecule has 0 heterocycles. The summed E-state index contributed by atoms with van der Waals surface area (Å²) in [5.74, 6) is 0. The van der Waals surface area contributed by atoms with E-state index in [0.717, 1.165) is 11.6 Å². The van der Waals surface area contributed by atoms with Crippen molar-refractivity contribution in [1.82, 2.24) is 0 Å². The molecule has 0 bridgehead atoms. The third kappa shape index (κ3) is 3.47. The third-order valence-electron chi connectivity index (χ3n) is 1.64. The Morgan fingerprint density at radius 3 is 1.93 bits per heavy atom. The van der Waals surface area contributed by atoms with Gasteiger partial charge in [0, 0.05) is 6.08 Å². The monoisotopic (exact) mass is 198 g/mol. The Morgan fingerprint density at radius 1 is 1.00 bits per heavy atom. The summed E-state index contributed by atoms with van der Waals surface area (Å²) in [6.45, 7) is 3.55. The van der Waals surface area contributed by atoms with E-state index in [1.165, 1.54) is 0 Å². The molecule has 0 nitrogen and oxygen atoms in total. The van der Waals surface area contributed by atoms with Crippen LogP contribution in [-0.4, -0.2) is 6.18 Å². The molecule has 1 aromatic carbocycles. The lowest BCUT2D eigenvalue weighted by atomic mass is 10.1. The molecule has 0 aliphatic rings. The summed E-state index contributed by atoms with van der Waals surface area (Å²) in [4.78, 5) is 0. The molecule has 74 valence electrons. The molecule has 0 amide bonds. The highest BCUT2D eigenvalue weighted by atomic mass is 19.4. The second-order valence-corrected chi connectivity index (χ2v) is 2.75. The zero-order chi connectivity index (χ0) is 10.6. The summed E-state index contributed by atoms with van der Waals surface area (Å²) in [6.07, 6.45) is -1.36. The summed E-state index contributed by atoms with van der Waals surface area (Å²) in [5.41, 5.74) is 1.40. The molecule has 1 aromatic rings. The fourth-order valence-electron chi connectivity index (χ4n) is 0.934. The quantitative estimate of drug-likeness (QED) is 0.675. The number of benzene rings is 1. The maximum atomic E-state index is 11.8. The van der Waals surface area contributed by atoms with Crippen molar-refractivity contribution in [3.8, 4) is 0 Å². The van der Waals surface area contributed by atoms with Crippen LogP contribution in [0.4, 0.5) is 13.2 Å². The Morgan fingerprint density at radius 2 is 1.50 bits per heavy atom. The smallest absolute Gasteiger partial charge is 0.167 e. The Balaban J connectivity index is 2.78. The average Bonchev–Trinajstić information content (AvgIpc) is 2.14. The van der Waals surface area contributed by atoms with Gasteiger partial charge in [0.2, 0.25) is 0 Å². The van der Waals surface area contributed by atoms with Crippen LogP contribution in [-0.2, 0) is 0 Å². The Hall–Kier alpha value is -1.51. The molecule has 1 rings (SSSR count). The van der Waals surface area contributed by atoms with Crippen LogP contribution in [0.2, 0.25) is 0 Å². The SMILES string of the molecule is C=Cc1ccc(/C=C/C(F)(F)F)cc1. The lowest BCUT2D eigenvalue weighted by molar-refractivity contribution is -0.0790. The normalized spacial score (nSPS) is 11.9. The van der Waals surface area contributed by atoms with E-state index in [2.05, 4.69) is 6.58 Å². The van der Waals surface area contributed by atoms with Crippen LogP contribution in [0.25, 0.3) is 12.2 Å². The molecule has 0 unspecified atom stereocenters. The summed E-state index contributed by atoms with van der Waals surface area (Å²) in [6, 6.07) is 6.64. The van der Waals surface area contributed by atoms with Crippen LogP contribution in [0.1, 0.15) is 11.1 Å². The number of hydrogen-bond donors (Lipinski definition) is 0. The van der Waals surface area contributed by atoms with Gasteiger partial charge in [-0.3, -0.25) is 0 Å². The van der Waals surface area contributed by atoms with Gasteiger partial charge >= 0.3 is 6.18 Å². The maximum Gasteiger partial charge on any atom is 0.409 e. The molecule has 0 fully saturated rings. The van der Waals surface area contributed by atoms with Gasteiger partial charge < -0.3 is 0 Å². The van der Waals surface area contributed by atoms with Gasteiger partial charge in [0.05, 0.1) is 0 Å². The first-order valence-electron chi connectivity index (χ1n) is 4.00. The zero-order valence-corrected chi connectivity index (χ0v) is 7.38. The largest absolute Gasteiger partial charge is 0.409 e. The second kappa shape index (κ2) is 4.13. The Labute approximate surface area is 80.4 Å². The van der Waals surface area contributed by atoms with E-state index in [0.29, 0.717) is 5.56 Å². The molecule has 0 atom stereocenters. The summed E-state index contributed by atoms with van der Waals surface area (Å²) in [7, 11) is 0. The average molecular weight is 198 g/mol. The first-order valence-corrected chi connectivity index (χ1v) is 4.00. The van der Waals surface area contributed by atoms with Gasteiger partial charge in [-0.15, -0.1) is 0 Å². The Kier molecular flexibility index (Phi) is 3.12. The van der Waals surface area contributed by atoms with Gasteiger partial charge in [-0.05, 0) is 11.1 Å². The van der Waals surface area contributed by atoms with Gasteiger partial charge in [0.15, 0.2) is 0 Å². The zero-order valence-electron chi connectivity index (χ0n) is 7.38. The molecular formula is C11H9F3. The Bertz CT molecular complexity index is 331. The number of alkyl halides is 3. The third-order valence-corrected chi connectivity index (χ3v) is 1.64. The molecule has 0 spiro atoms. The number of rotatable bonds is 2. The van der Waals surface area contributed by atoms with Gasteiger partial charge in [0.25, 0.3) is 0 Å². The van der Waals surface area contributed by atoms with E-state index in [4.69, 9.17) is 0 Å². The van der Waals surface area contributed by atoms with Crippen molar-refractivity contribution in [1.29, 1.82) is 0 Å². The van der Waals surface area contributed by atoms with E-state index in [1.54, 1.807) is 30.3 Å². The predicted octanol–water partition coefficient (Wildman–Crippen LogP) is 3.91. The molecule has 0 saturated carbocycles. The lowest BCUT2D eigenvalue weighted by Crippen LogP contribution is -1.99. The van der Waals surface area contributed by atoms with Crippen LogP contribution in [0.5, 0.6) is 0 Å². The van der Waals surface area contributed by atoms with Crippen molar-refractivity contribution < 1.29 is 13.2 Å². The highest BCUT2D eigenvalue weighted by molar-refractivity contribution is 5.55. The fourth-order valence-corrected chi connectivity index (χ4v) is 0.934. The predicted molar refractivity (Wildman–Crippen MR) is 51.6 cm³/mol. The molecule has 0 radical (unpaired) electrons. The summed E-state index contributed by atoms with van der Waals surface area (Å²) >= 11 is 0. The summed E-state index contributed by atoms with van der Waals surface area (Å²) in [5, 5.41) is 0. The molecule has 0 aromatic heterocycles. The van der Waals surface area contributed by atoms with Crippen LogP contribution < -0.4 is 0 Å². The first-order chi connectivity index (χ1) is 6.51. The highest BCUT2D eigenvalue weighted by Gasteiger charge is 2.21. The number of allylic oxidation sites excluding steroid dienone is 1. The maximum absolute atomic E-state index is 11.8. The summed E-state index contributed by atoms with van der Waals surface area (Å²) < 4.78 is 35.4. The molecule has 0 aliphatic heterocycles. The van der Waals surface area contributed by atoms with Gasteiger partial charge in [-0.1, -0.05) is 43.0 Å². The van der Waals surface area contributed by atoms with Crippen molar-refractivity contribution in [3.63, 3.8) is 0 Å². The highest BCUT2D eigenvalue weighted by Crippen LogP contribution is 2.18. The molecule has 0 N–H and O–H groups in total. The molecular weight excluding hydrogens is 189 g/mol. The fraction of sp³-hybridized carbons (Fsp3) is 0.0909. The van der Waals surface area contributed by atoms with Crippen LogP contribution in [0, 0.1) is 0 Å². The minimum absolute atomic E-state index is 0.218. The van der Waals surface area contributed by atoms with E-state index in [9.17, 15) is 13.2 Å². The lowest BCUT2D eigenvalue weighted by Gasteiger charge is -1.98. The van der Waals surface area contributed by atoms with Gasteiger partial charge in [-0.25, -0.2) is 0 Å². The van der Waals surface area contributed by atoms with Crippen molar-refractivity contribution in [3.05, 3.63) is 48.0 Å². The van der Waals surface area contributed by atoms with Crippen molar-refractivity contribution in [2.45, 2.75) is 6.18 Å². The molecule has 3 heteroatoms. The minimum atomic E-state index is -4.25. The first kappa shape index (κ1) is 10.6. The van der Waals surface area contributed by atoms with Crippen LogP contribution in [0.3, 0.4) is 0 Å². The van der Waals surface area contributed by atoms with E-state index in [-0.39, 0.29) is 6.08 Å². The van der Waals surface area contributed by atoms with Gasteiger partial charge in [-0.2, -0.15) is 13.2 Å². The molecule has 0 saturated heterocycles. The van der Waals surface area contributed by atoms with E-state index in [1.807, 2.05) is 0 Å². The van der Waals surface area contributed by atoms with Crippen LogP contribution >= 0.6 is 0 Å². The topological polar surface area (TPSA) is 0 Å². The van der Waals surface area contributed by atoms with Gasteiger partial charge in [0.1, 0.15) is 0 Å². The van der Waals surface area contributed by atoms with Crippen molar-refractivity contribution >= 4 is 12.2 Å². The van der Waals surface area contributed by atoms with Crippen molar-refractivity contribution in [2.24, 2.45) is 0 Å². The number of hydrogen-bond acceptors (Lipinski definition) is 0. The molecule has 0 aliphatic carbocycles. The molecule has 14 heavy (non-hydrogen) atoms. The minimum Gasteiger partial charge on any atom is -0.167 e. The van der Waals surface area contributed by atoms with Crippen LogP contribution in [0.15, 0.2) is 36.9 Å². The standard InChI is InChI=1S/C11H9F3/c1-2-9-3-5-10(6-4-9)7-8-11(12,13)14/h2-8H,1H2/b8-7+. The van der Waals surface area contributed by atoms with Crippen molar-refractivity contribution in [2.75, 3.05) is 0 Å². The number of halogens is 3. The van der Waals surface area contributed by atoms with E-state index >= 15 is 0 Å². The second-order valence-electron chi connectivity index (χ2n) is 2.75. The van der Waals surface area contributed by atoms with E-state index < -0.39 is 6.18 Å².